The van der Waals surface area contributed by atoms with Crippen LogP contribution in [0.3, 0.4) is 0 Å². The van der Waals surface area contributed by atoms with E-state index in [-0.39, 0.29) is 11.6 Å². The van der Waals surface area contributed by atoms with Crippen molar-refractivity contribution < 1.29 is 4.79 Å². The van der Waals surface area contributed by atoms with Crippen molar-refractivity contribution in [2.45, 2.75) is 25.8 Å². The number of halogens is 1. The van der Waals surface area contributed by atoms with Gasteiger partial charge in [0.15, 0.2) is 0 Å². The molecule has 31 heavy (non-hydrogen) atoms. The van der Waals surface area contributed by atoms with E-state index >= 15 is 0 Å². The van der Waals surface area contributed by atoms with E-state index < -0.39 is 0 Å². The fourth-order valence-electron chi connectivity index (χ4n) is 3.75. The van der Waals surface area contributed by atoms with Gasteiger partial charge in [0.05, 0.1) is 16.2 Å². The Morgan fingerprint density at radius 3 is 2.68 bits per heavy atom. The molecule has 1 amide bonds. The lowest BCUT2D eigenvalue weighted by Crippen LogP contribution is -2.25. The molecule has 3 aromatic carbocycles. The number of nitrogens with one attached hydrogen (secondary N) is 1. The Balaban J connectivity index is 1.61. The summed E-state index contributed by atoms with van der Waals surface area (Å²) in [6, 6.07) is 19.1. The zero-order chi connectivity index (χ0) is 21.5. The third-order valence-electron chi connectivity index (χ3n) is 5.59. The number of aryl methyl sites for hydroxylation is 1. The lowest BCUT2D eigenvalue weighted by atomic mass is 9.96. The minimum Gasteiger partial charge on any atom is -0.349 e. The molecule has 1 fully saturated rings. The van der Waals surface area contributed by atoms with Crippen LogP contribution in [0, 0.1) is 6.92 Å². The summed E-state index contributed by atoms with van der Waals surface area (Å²) in [5.41, 5.74) is 4.56. The van der Waals surface area contributed by atoms with Gasteiger partial charge >= 0.3 is 5.69 Å². The van der Waals surface area contributed by atoms with E-state index in [0.29, 0.717) is 22.3 Å². The van der Waals surface area contributed by atoms with E-state index in [1.807, 2.05) is 55.5 Å². The van der Waals surface area contributed by atoms with Gasteiger partial charge in [-0.25, -0.2) is 9.78 Å². The molecule has 4 aromatic rings. The molecule has 1 saturated carbocycles. The number of rotatable bonds is 4. The third-order valence-corrected chi connectivity index (χ3v) is 5.91. The second-order valence-electron chi connectivity index (χ2n) is 7.88. The van der Waals surface area contributed by atoms with Crippen LogP contribution in [0.4, 0.5) is 0 Å². The molecule has 0 spiro atoms. The van der Waals surface area contributed by atoms with E-state index in [9.17, 15) is 9.59 Å². The first-order valence-electron chi connectivity index (χ1n) is 10.2. The minimum absolute atomic E-state index is 0.0428. The number of carbonyl (C=O) groups excluding carboxylic acids is 1. The van der Waals surface area contributed by atoms with E-state index in [2.05, 4.69) is 10.3 Å². The lowest BCUT2D eigenvalue weighted by molar-refractivity contribution is 0.0951. The number of aromatic nitrogens is 2. The normalized spacial score (nSPS) is 13.4. The van der Waals surface area contributed by atoms with Gasteiger partial charge in [0.25, 0.3) is 5.91 Å². The van der Waals surface area contributed by atoms with E-state index in [1.54, 1.807) is 18.3 Å². The summed E-state index contributed by atoms with van der Waals surface area (Å²) in [6.45, 7) is 2.02. The van der Waals surface area contributed by atoms with Crippen LogP contribution in [0.15, 0.2) is 71.7 Å². The van der Waals surface area contributed by atoms with Crippen molar-refractivity contribution in [3.63, 3.8) is 0 Å². The molecule has 1 aliphatic carbocycles. The second kappa shape index (κ2) is 7.67. The summed E-state index contributed by atoms with van der Waals surface area (Å²) >= 11 is 6.34. The third kappa shape index (κ3) is 3.73. The van der Waals surface area contributed by atoms with Gasteiger partial charge in [0.2, 0.25) is 0 Å². The van der Waals surface area contributed by atoms with E-state index in [4.69, 9.17) is 11.6 Å². The quantitative estimate of drug-likeness (QED) is 0.501. The predicted octanol–water partition coefficient (Wildman–Crippen LogP) is 4.91. The first kappa shape index (κ1) is 19.5. The maximum absolute atomic E-state index is 12.6. The molecule has 0 saturated heterocycles. The van der Waals surface area contributed by atoms with Gasteiger partial charge in [0, 0.05) is 23.2 Å². The van der Waals surface area contributed by atoms with Gasteiger partial charge in [-0.05, 0) is 72.9 Å². The van der Waals surface area contributed by atoms with Crippen LogP contribution in [0.2, 0.25) is 5.02 Å². The topological polar surface area (TPSA) is 64.0 Å². The van der Waals surface area contributed by atoms with Crippen LogP contribution in [0.5, 0.6) is 0 Å². The molecule has 5 rings (SSSR count). The summed E-state index contributed by atoms with van der Waals surface area (Å²) in [6.07, 6.45) is 3.68. The van der Waals surface area contributed by atoms with Gasteiger partial charge in [-0.15, -0.1) is 0 Å². The Morgan fingerprint density at radius 2 is 1.90 bits per heavy atom. The van der Waals surface area contributed by atoms with Crippen molar-refractivity contribution in [3.05, 3.63) is 93.5 Å². The fraction of sp³-hybridized carbons (Fsp3) is 0.160. The molecular weight excluding hydrogens is 410 g/mol. The number of hydrogen-bond donors (Lipinski definition) is 1. The second-order valence-corrected chi connectivity index (χ2v) is 8.29. The highest BCUT2D eigenvalue weighted by molar-refractivity contribution is 6.32. The number of amides is 1. The van der Waals surface area contributed by atoms with Crippen molar-refractivity contribution in [3.8, 4) is 16.8 Å². The number of benzene rings is 3. The Morgan fingerprint density at radius 1 is 1.10 bits per heavy atom. The van der Waals surface area contributed by atoms with Crippen LogP contribution >= 0.6 is 11.6 Å². The molecule has 0 bridgehead atoms. The standard InChI is InChI=1S/C25H20ClN3O2/c1-15-6-7-17(24(30)28-19-9-10-19)13-20(15)16-8-11-22-18(12-16)14-27-25(31)29(22)23-5-3-2-4-21(23)26/h2-8,11-14,19H,9-10H2,1H3,(H,28,30). The van der Waals surface area contributed by atoms with Crippen LogP contribution < -0.4 is 11.0 Å². The Labute approximate surface area is 184 Å². The largest absolute Gasteiger partial charge is 0.352 e. The number of para-hydroxylation sites is 1. The maximum atomic E-state index is 12.6. The average Bonchev–Trinajstić information content (AvgIpc) is 3.58. The molecule has 0 atom stereocenters. The molecule has 5 nitrogen and oxygen atoms in total. The van der Waals surface area contributed by atoms with Crippen LogP contribution in [0.25, 0.3) is 27.7 Å². The zero-order valence-electron chi connectivity index (χ0n) is 16.9. The highest BCUT2D eigenvalue weighted by atomic mass is 35.5. The SMILES string of the molecule is Cc1ccc(C(=O)NC2CC2)cc1-c1ccc2c(cnc(=O)n2-c2ccccc2Cl)c1. The monoisotopic (exact) mass is 429 g/mol. The van der Waals surface area contributed by atoms with Crippen molar-refractivity contribution in [1.29, 1.82) is 0 Å². The molecule has 1 N–H and O–H groups in total. The summed E-state index contributed by atoms with van der Waals surface area (Å²) in [5, 5.41) is 4.32. The molecule has 0 unspecified atom stereocenters. The number of nitrogens with zero attached hydrogens (tertiary/aromatic N) is 2. The Kier molecular flexibility index (Phi) is 4.83. The molecular formula is C25H20ClN3O2. The van der Waals surface area contributed by atoms with Crippen LogP contribution in [-0.2, 0) is 0 Å². The zero-order valence-corrected chi connectivity index (χ0v) is 17.7. The molecule has 154 valence electrons. The Hall–Kier alpha value is -3.44. The number of fused-ring (bicyclic) bond motifs is 1. The van der Waals surface area contributed by atoms with Gasteiger partial charge in [-0.1, -0.05) is 35.9 Å². The summed E-state index contributed by atoms with van der Waals surface area (Å²) in [7, 11) is 0. The first-order chi connectivity index (χ1) is 15.0. The summed E-state index contributed by atoms with van der Waals surface area (Å²) in [5.74, 6) is -0.0428. The summed E-state index contributed by atoms with van der Waals surface area (Å²) < 4.78 is 1.52. The first-order valence-corrected chi connectivity index (χ1v) is 10.6. The smallest absolute Gasteiger partial charge is 0.349 e. The highest BCUT2D eigenvalue weighted by Crippen LogP contribution is 2.29. The van der Waals surface area contributed by atoms with Crippen LogP contribution in [-0.4, -0.2) is 21.5 Å². The summed E-state index contributed by atoms with van der Waals surface area (Å²) in [4.78, 5) is 29.1. The van der Waals surface area contributed by atoms with Gasteiger partial charge in [0.1, 0.15) is 0 Å². The minimum atomic E-state index is -0.386. The van der Waals surface area contributed by atoms with Crippen molar-refractivity contribution in [1.82, 2.24) is 14.9 Å². The lowest BCUT2D eigenvalue weighted by Gasteiger charge is -2.13. The van der Waals surface area contributed by atoms with E-state index in [1.165, 1.54) is 4.57 Å². The Bertz CT molecular complexity index is 1390. The van der Waals surface area contributed by atoms with Crippen molar-refractivity contribution in [2.24, 2.45) is 0 Å². The van der Waals surface area contributed by atoms with Crippen LogP contribution in [0.1, 0.15) is 28.8 Å². The van der Waals surface area contributed by atoms with Gasteiger partial charge in [-0.2, -0.15) is 0 Å². The molecule has 0 radical (unpaired) electrons. The molecule has 1 aliphatic rings. The number of carbonyl (C=O) groups is 1. The molecule has 1 aromatic heterocycles. The predicted molar refractivity (Wildman–Crippen MR) is 123 cm³/mol. The van der Waals surface area contributed by atoms with Gasteiger partial charge < -0.3 is 5.32 Å². The van der Waals surface area contributed by atoms with Crippen molar-refractivity contribution in [2.75, 3.05) is 0 Å². The van der Waals surface area contributed by atoms with Crippen molar-refractivity contribution >= 4 is 28.4 Å². The molecule has 0 aliphatic heterocycles. The number of hydrogen-bond acceptors (Lipinski definition) is 3. The highest BCUT2D eigenvalue weighted by Gasteiger charge is 2.24. The average molecular weight is 430 g/mol. The van der Waals surface area contributed by atoms with Gasteiger partial charge in [-0.3, -0.25) is 9.36 Å². The van der Waals surface area contributed by atoms with E-state index in [0.717, 1.165) is 40.4 Å². The molecule has 1 heterocycles. The fourth-order valence-corrected chi connectivity index (χ4v) is 3.97. The maximum Gasteiger partial charge on any atom is 0.352 e. The molecule has 6 heteroatoms.